The van der Waals surface area contributed by atoms with E-state index in [4.69, 9.17) is 10.8 Å². The Hall–Kier alpha value is -2.21. The Bertz CT molecular complexity index is 590. The third-order valence-corrected chi connectivity index (χ3v) is 3.45. The van der Waals surface area contributed by atoms with E-state index in [9.17, 15) is 4.79 Å². The molecule has 4 N–H and O–H groups in total. The molecule has 19 heavy (non-hydrogen) atoms. The fourth-order valence-corrected chi connectivity index (χ4v) is 2.39. The molecule has 5 nitrogen and oxygen atoms in total. The van der Waals surface area contributed by atoms with E-state index in [1.807, 2.05) is 12.1 Å². The molecule has 0 unspecified atom stereocenters. The van der Waals surface area contributed by atoms with E-state index in [2.05, 4.69) is 10.3 Å². The number of nitrogens with zero attached hydrogens (tertiary/aromatic N) is 1. The molecule has 1 aromatic heterocycles. The number of nitrogens with one attached hydrogen (secondary N) is 1. The summed E-state index contributed by atoms with van der Waals surface area (Å²) >= 11 is 1.52. The maximum Gasteiger partial charge on any atom is 0.409 e. The summed E-state index contributed by atoms with van der Waals surface area (Å²) < 4.78 is 0. The van der Waals surface area contributed by atoms with Gasteiger partial charge in [0.1, 0.15) is 5.03 Å². The van der Waals surface area contributed by atoms with Crippen LogP contribution in [0.5, 0.6) is 0 Å². The Morgan fingerprint density at radius 1 is 1.37 bits per heavy atom. The number of anilines is 2. The smallest absolute Gasteiger partial charge is 0.409 e. The monoisotopic (exact) mass is 275 g/mol. The molecule has 2 rings (SSSR count). The van der Waals surface area contributed by atoms with Crippen LogP contribution < -0.4 is 11.1 Å². The van der Waals surface area contributed by atoms with E-state index in [0.29, 0.717) is 17.1 Å². The number of hydrogen-bond donors (Lipinski definition) is 3. The van der Waals surface area contributed by atoms with Gasteiger partial charge in [-0.25, -0.2) is 9.78 Å². The van der Waals surface area contributed by atoms with Gasteiger partial charge in [-0.15, -0.1) is 0 Å². The molecule has 0 aliphatic carbocycles. The molecule has 0 bridgehead atoms. The lowest BCUT2D eigenvalue weighted by Gasteiger charge is -2.06. The van der Waals surface area contributed by atoms with Gasteiger partial charge in [0.25, 0.3) is 0 Å². The van der Waals surface area contributed by atoms with Crippen molar-refractivity contribution in [1.29, 1.82) is 0 Å². The van der Waals surface area contributed by atoms with Gasteiger partial charge in [0.15, 0.2) is 0 Å². The van der Waals surface area contributed by atoms with E-state index in [1.54, 1.807) is 30.5 Å². The summed E-state index contributed by atoms with van der Waals surface area (Å²) in [7, 11) is 0. The summed E-state index contributed by atoms with van der Waals surface area (Å²) in [6.45, 7) is 0. The number of nitrogen functional groups attached to an aromatic ring is 1. The van der Waals surface area contributed by atoms with E-state index in [0.717, 1.165) is 10.6 Å². The predicted octanol–water partition coefficient (Wildman–Crippen LogP) is 3.05. The van der Waals surface area contributed by atoms with E-state index in [-0.39, 0.29) is 0 Å². The summed E-state index contributed by atoms with van der Waals surface area (Å²) in [5, 5.41) is 11.8. The van der Waals surface area contributed by atoms with Gasteiger partial charge in [0, 0.05) is 17.6 Å². The number of pyridine rings is 1. The molecule has 0 aliphatic heterocycles. The van der Waals surface area contributed by atoms with E-state index in [1.165, 1.54) is 11.8 Å². The van der Waals surface area contributed by atoms with Crippen molar-refractivity contribution in [2.45, 2.75) is 10.8 Å². The highest BCUT2D eigenvalue weighted by Crippen LogP contribution is 2.26. The number of carbonyl (C=O) groups is 1. The quantitative estimate of drug-likeness (QED) is 0.746. The van der Waals surface area contributed by atoms with Crippen molar-refractivity contribution in [2.75, 3.05) is 11.1 Å². The Labute approximate surface area is 114 Å². The van der Waals surface area contributed by atoms with Crippen LogP contribution in [0, 0.1) is 0 Å². The number of thioether (sulfide) groups is 1. The lowest BCUT2D eigenvalue weighted by molar-refractivity contribution is 0.210. The normalized spacial score (nSPS) is 10.1. The molecule has 0 saturated carbocycles. The fraction of sp³-hybridized carbons (Fsp3) is 0.0769. The highest BCUT2D eigenvalue weighted by atomic mass is 32.2. The lowest BCUT2D eigenvalue weighted by atomic mass is 10.2. The largest absolute Gasteiger partial charge is 0.465 e. The minimum absolute atomic E-state index is 0.555. The van der Waals surface area contributed by atoms with Gasteiger partial charge in [-0.05, 0) is 29.8 Å². The lowest BCUT2D eigenvalue weighted by Crippen LogP contribution is -2.07. The fourth-order valence-electron chi connectivity index (χ4n) is 1.54. The van der Waals surface area contributed by atoms with Gasteiger partial charge >= 0.3 is 6.09 Å². The minimum atomic E-state index is -1.07. The first-order chi connectivity index (χ1) is 9.15. The summed E-state index contributed by atoms with van der Waals surface area (Å²) in [5.41, 5.74) is 8.01. The number of aromatic nitrogens is 1. The van der Waals surface area contributed by atoms with Crippen LogP contribution in [0.1, 0.15) is 5.56 Å². The summed E-state index contributed by atoms with van der Waals surface area (Å²) in [6.07, 6.45) is 0.625. The number of nitrogens with two attached hydrogens (primary N) is 1. The first-order valence-electron chi connectivity index (χ1n) is 5.57. The van der Waals surface area contributed by atoms with Crippen LogP contribution in [0.25, 0.3) is 0 Å². The van der Waals surface area contributed by atoms with Crippen molar-refractivity contribution in [1.82, 2.24) is 4.98 Å². The van der Waals surface area contributed by atoms with Crippen molar-refractivity contribution >= 4 is 29.2 Å². The number of benzene rings is 1. The second-order valence-electron chi connectivity index (χ2n) is 3.82. The molecule has 6 heteroatoms. The van der Waals surface area contributed by atoms with Crippen molar-refractivity contribution in [3.05, 3.63) is 48.2 Å². The molecule has 1 amide bonds. The molecule has 1 heterocycles. The van der Waals surface area contributed by atoms with E-state index >= 15 is 0 Å². The zero-order valence-corrected chi connectivity index (χ0v) is 10.9. The molecular weight excluding hydrogens is 262 g/mol. The van der Waals surface area contributed by atoms with Crippen LogP contribution >= 0.6 is 11.8 Å². The zero-order valence-electron chi connectivity index (χ0n) is 10.0. The van der Waals surface area contributed by atoms with Crippen LogP contribution in [-0.2, 0) is 5.75 Å². The zero-order chi connectivity index (χ0) is 13.7. The maximum atomic E-state index is 10.6. The van der Waals surface area contributed by atoms with Crippen molar-refractivity contribution in [2.24, 2.45) is 0 Å². The average Bonchev–Trinajstić information content (AvgIpc) is 2.37. The molecule has 0 spiro atoms. The summed E-state index contributed by atoms with van der Waals surface area (Å²) in [6, 6.07) is 10.8. The summed E-state index contributed by atoms with van der Waals surface area (Å²) in [5.74, 6) is 0.677. The SMILES string of the molecule is Nc1cccnc1SCc1cccc(NC(=O)O)c1. The second kappa shape index (κ2) is 6.10. The second-order valence-corrected chi connectivity index (χ2v) is 4.78. The van der Waals surface area contributed by atoms with Crippen molar-refractivity contribution < 1.29 is 9.90 Å². The van der Waals surface area contributed by atoms with Crippen LogP contribution in [0.2, 0.25) is 0 Å². The molecule has 0 saturated heterocycles. The summed E-state index contributed by atoms with van der Waals surface area (Å²) in [4.78, 5) is 14.8. The highest BCUT2D eigenvalue weighted by molar-refractivity contribution is 7.98. The van der Waals surface area contributed by atoms with Crippen LogP contribution in [0.4, 0.5) is 16.2 Å². The minimum Gasteiger partial charge on any atom is -0.465 e. The molecule has 1 aromatic carbocycles. The Morgan fingerprint density at radius 3 is 2.95 bits per heavy atom. The maximum absolute atomic E-state index is 10.6. The number of amides is 1. The Balaban J connectivity index is 2.03. The molecule has 0 fully saturated rings. The van der Waals surface area contributed by atoms with Gasteiger partial charge in [0.2, 0.25) is 0 Å². The molecule has 0 atom stereocenters. The number of hydrogen-bond acceptors (Lipinski definition) is 4. The molecule has 98 valence electrons. The molecule has 0 aliphatic rings. The Morgan fingerprint density at radius 2 is 2.21 bits per heavy atom. The Kier molecular flexibility index (Phi) is 4.25. The third-order valence-electron chi connectivity index (χ3n) is 2.35. The molecule has 0 radical (unpaired) electrons. The van der Waals surface area contributed by atoms with Gasteiger partial charge in [-0.1, -0.05) is 23.9 Å². The molecule has 2 aromatic rings. The third kappa shape index (κ3) is 3.89. The first-order valence-corrected chi connectivity index (χ1v) is 6.56. The average molecular weight is 275 g/mol. The number of rotatable bonds is 4. The van der Waals surface area contributed by atoms with Gasteiger partial charge < -0.3 is 10.8 Å². The standard InChI is InChI=1S/C13H13N3O2S/c14-11-5-2-6-15-12(11)19-8-9-3-1-4-10(7-9)16-13(17)18/h1-7,16H,8,14H2,(H,17,18). The van der Waals surface area contributed by atoms with Crippen LogP contribution in [0.3, 0.4) is 0 Å². The van der Waals surface area contributed by atoms with Gasteiger partial charge in [-0.3, -0.25) is 5.32 Å². The first kappa shape index (κ1) is 13.2. The molecular formula is C13H13N3O2S. The topological polar surface area (TPSA) is 88.2 Å². The van der Waals surface area contributed by atoms with Crippen LogP contribution in [0.15, 0.2) is 47.6 Å². The number of carboxylic acid groups (broad SMARTS) is 1. The van der Waals surface area contributed by atoms with Crippen molar-refractivity contribution in [3.8, 4) is 0 Å². The predicted molar refractivity (Wildman–Crippen MR) is 76.3 cm³/mol. The van der Waals surface area contributed by atoms with Gasteiger partial charge in [0.05, 0.1) is 5.69 Å². The highest BCUT2D eigenvalue weighted by Gasteiger charge is 2.03. The van der Waals surface area contributed by atoms with Crippen molar-refractivity contribution in [3.63, 3.8) is 0 Å². The van der Waals surface area contributed by atoms with Crippen LogP contribution in [-0.4, -0.2) is 16.2 Å². The van der Waals surface area contributed by atoms with Gasteiger partial charge in [-0.2, -0.15) is 0 Å². The van der Waals surface area contributed by atoms with E-state index < -0.39 is 6.09 Å².